The van der Waals surface area contributed by atoms with E-state index in [0.717, 1.165) is 19.3 Å². The molecule has 0 saturated carbocycles. The predicted octanol–water partition coefficient (Wildman–Crippen LogP) is 3.71. The van der Waals surface area contributed by atoms with Crippen molar-refractivity contribution in [2.75, 3.05) is 19.8 Å². The van der Waals surface area contributed by atoms with Crippen LogP contribution in [0.5, 0.6) is 0 Å². The Kier molecular flexibility index (Phi) is 11.2. The van der Waals surface area contributed by atoms with E-state index in [9.17, 15) is 0 Å². The van der Waals surface area contributed by atoms with Crippen molar-refractivity contribution in [2.24, 2.45) is 0 Å². The third kappa shape index (κ3) is 6.49. The first-order valence-corrected chi connectivity index (χ1v) is 10.1. The van der Waals surface area contributed by atoms with Crippen molar-refractivity contribution in [3.8, 4) is 0 Å². The van der Waals surface area contributed by atoms with Crippen LogP contribution in [-0.2, 0) is 13.3 Å². The molecule has 1 unspecified atom stereocenters. The van der Waals surface area contributed by atoms with E-state index in [4.69, 9.17) is 13.3 Å². The molecule has 0 aromatic rings. The van der Waals surface area contributed by atoms with Crippen LogP contribution in [-0.4, -0.2) is 33.5 Å². The van der Waals surface area contributed by atoms with Gasteiger partial charge in [0.2, 0.25) is 0 Å². The van der Waals surface area contributed by atoms with Gasteiger partial charge in [0.15, 0.2) is 0 Å². The molecule has 0 aromatic heterocycles. The maximum Gasteiger partial charge on any atom is 0.515 e. The van der Waals surface area contributed by atoms with Crippen LogP contribution in [0.4, 0.5) is 0 Å². The van der Waals surface area contributed by atoms with Gasteiger partial charge in [-0.3, -0.25) is 0 Å². The third-order valence-corrected chi connectivity index (χ3v) is 8.07. The smallest absolute Gasteiger partial charge is 0.373 e. The molecule has 0 amide bonds. The molecule has 0 N–H and O–H groups in total. The van der Waals surface area contributed by atoms with E-state index < -0.39 is 8.80 Å². The molecule has 0 saturated heterocycles. The van der Waals surface area contributed by atoms with Crippen LogP contribution in [0.3, 0.4) is 0 Å². The van der Waals surface area contributed by atoms with Crippen LogP contribution in [0.15, 0.2) is 0 Å². The number of hydrogen-bond acceptors (Lipinski definition) is 5. The van der Waals surface area contributed by atoms with Gasteiger partial charge in [0.05, 0.1) is 4.87 Å². The highest BCUT2D eigenvalue weighted by atomic mass is 33.1. The summed E-state index contributed by atoms with van der Waals surface area (Å²) in [6.07, 6.45) is 2.93. The van der Waals surface area contributed by atoms with Crippen LogP contribution < -0.4 is 0 Å². The molecule has 0 radical (unpaired) electrons. The number of rotatable bonds is 11. The summed E-state index contributed by atoms with van der Waals surface area (Å²) in [6.45, 7) is 10.4. The first-order valence-electron chi connectivity index (χ1n) is 6.38. The minimum absolute atomic E-state index is 0.162. The molecule has 0 rings (SSSR count). The first kappa shape index (κ1) is 17.8. The van der Waals surface area contributed by atoms with Gasteiger partial charge < -0.3 is 13.3 Å². The molecule has 6 heteroatoms. The zero-order valence-electron chi connectivity index (χ0n) is 11.4. The summed E-state index contributed by atoms with van der Waals surface area (Å²) in [6, 6.07) is 0. The van der Waals surface area contributed by atoms with E-state index in [1.54, 1.807) is 0 Å². The summed E-state index contributed by atoms with van der Waals surface area (Å²) < 4.78 is 17.9. The van der Waals surface area contributed by atoms with Gasteiger partial charge in [-0.25, -0.2) is 0 Å². The molecular weight excluding hydrogens is 272 g/mol. The van der Waals surface area contributed by atoms with Gasteiger partial charge >= 0.3 is 8.80 Å². The SMILES string of the molecule is CCCO[Si](OCCC)(OCCC)C(C)SS. The monoisotopic (exact) mass is 298 g/mol. The fraction of sp³-hybridized carbons (Fsp3) is 1.00. The third-order valence-electron chi connectivity index (χ3n) is 2.18. The van der Waals surface area contributed by atoms with E-state index >= 15 is 0 Å². The van der Waals surface area contributed by atoms with Crippen molar-refractivity contribution >= 4 is 31.3 Å². The lowest BCUT2D eigenvalue weighted by Crippen LogP contribution is -2.54. The van der Waals surface area contributed by atoms with E-state index in [2.05, 4.69) is 39.4 Å². The maximum atomic E-state index is 5.96. The summed E-state index contributed by atoms with van der Waals surface area (Å²) in [5, 5.41) is 0. The van der Waals surface area contributed by atoms with E-state index in [1.165, 1.54) is 10.8 Å². The summed E-state index contributed by atoms with van der Waals surface area (Å²) in [5.41, 5.74) is 0. The van der Waals surface area contributed by atoms with Crippen molar-refractivity contribution in [3.05, 3.63) is 0 Å². The van der Waals surface area contributed by atoms with E-state index in [1.807, 2.05) is 0 Å². The van der Waals surface area contributed by atoms with Gasteiger partial charge in [0, 0.05) is 19.8 Å². The first-order chi connectivity index (χ1) is 8.16. The van der Waals surface area contributed by atoms with Crippen LogP contribution in [0.2, 0.25) is 0 Å². The Morgan fingerprint density at radius 3 is 1.53 bits per heavy atom. The Balaban J connectivity index is 4.63. The van der Waals surface area contributed by atoms with E-state index in [0.29, 0.717) is 19.8 Å². The highest BCUT2D eigenvalue weighted by molar-refractivity contribution is 8.69. The van der Waals surface area contributed by atoms with Gasteiger partial charge in [-0.15, -0.1) is 11.7 Å². The topological polar surface area (TPSA) is 27.7 Å². The Hall–Kier alpha value is 0.797. The summed E-state index contributed by atoms with van der Waals surface area (Å²) in [4.78, 5) is 0.162. The summed E-state index contributed by atoms with van der Waals surface area (Å²) in [7, 11) is -1.11. The van der Waals surface area contributed by atoms with Crippen molar-refractivity contribution in [2.45, 2.75) is 51.8 Å². The Labute approximate surface area is 116 Å². The second kappa shape index (κ2) is 10.7. The summed E-state index contributed by atoms with van der Waals surface area (Å²) >= 11 is 4.29. The minimum Gasteiger partial charge on any atom is -0.373 e. The normalized spacial score (nSPS) is 13.9. The molecule has 17 heavy (non-hydrogen) atoms. The van der Waals surface area contributed by atoms with Crippen molar-refractivity contribution in [3.63, 3.8) is 0 Å². The van der Waals surface area contributed by atoms with Crippen molar-refractivity contribution in [1.29, 1.82) is 0 Å². The maximum absolute atomic E-state index is 5.96. The van der Waals surface area contributed by atoms with Crippen LogP contribution in [0, 0.1) is 0 Å². The molecule has 0 spiro atoms. The van der Waals surface area contributed by atoms with Crippen LogP contribution in [0.1, 0.15) is 47.0 Å². The van der Waals surface area contributed by atoms with Gasteiger partial charge in [-0.05, 0) is 26.2 Å². The molecule has 0 heterocycles. The van der Waals surface area contributed by atoms with Crippen LogP contribution in [0.25, 0.3) is 0 Å². The lowest BCUT2D eigenvalue weighted by molar-refractivity contribution is 0.0588. The fourth-order valence-corrected chi connectivity index (χ4v) is 5.99. The van der Waals surface area contributed by atoms with E-state index in [-0.39, 0.29) is 4.87 Å². The minimum atomic E-state index is -2.58. The zero-order chi connectivity index (χ0) is 13.1. The highest BCUT2D eigenvalue weighted by Crippen LogP contribution is 2.28. The predicted molar refractivity (Wildman–Crippen MR) is 80.5 cm³/mol. The number of hydrogen-bond donors (Lipinski definition) is 1. The van der Waals surface area contributed by atoms with Crippen molar-refractivity contribution < 1.29 is 13.3 Å². The average Bonchev–Trinajstić information content (AvgIpc) is 2.37. The Morgan fingerprint density at radius 1 is 0.941 bits per heavy atom. The molecule has 0 aromatic carbocycles. The molecule has 0 aliphatic carbocycles. The number of thiol groups is 1. The summed E-state index contributed by atoms with van der Waals surface area (Å²) in [5.74, 6) is 0. The molecule has 3 nitrogen and oxygen atoms in total. The average molecular weight is 299 g/mol. The lowest BCUT2D eigenvalue weighted by atomic mass is 10.5. The molecule has 0 aliphatic rings. The second-order valence-corrected chi connectivity index (χ2v) is 8.80. The molecule has 1 atom stereocenters. The largest absolute Gasteiger partial charge is 0.515 e. The second-order valence-electron chi connectivity index (χ2n) is 3.90. The van der Waals surface area contributed by atoms with Gasteiger partial charge in [-0.1, -0.05) is 31.6 Å². The molecule has 0 aliphatic heterocycles. The Bertz CT molecular complexity index is 162. The Morgan fingerprint density at radius 2 is 1.29 bits per heavy atom. The van der Waals surface area contributed by atoms with Gasteiger partial charge in [0.1, 0.15) is 0 Å². The van der Waals surface area contributed by atoms with Gasteiger partial charge in [-0.2, -0.15) is 0 Å². The standard InChI is InChI=1S/C11H26O3S2Si/c1-5-8-12-17(11(4)16-15,13-9-6-2)14-10-7-3/h11,15H,5-10H2,1-4H3. The quantitative estimate of drug-likeness (QED) is 0.357. The molecule has 0 fully saturated rings. The van der Waals surface area contributed by atoms with Crippen molar-refractivity contribution in [1.82, 2.24) is 0 Å². The molecule has 0 bridgehead atoms. The zero-order valence-corrected chi connectivity index (χ0v) is 14.1. The fourth-order valence-electron chi connectivity index (χ4n) is 1.27. The molecular formula is C11H26O3S2Si. The highest BCUT2D eigenvalue weighted by Gasteiger charge is 2.47. The molecule has 104 valence electrons. The van der Waals surface area contributed by atoms with Crippen LogP contribution >= 0.6 is 22.5 Å². The lowest BCUT2D eigenvalue weighted by Gasteiger charge is -2.33. The van der Waals surface area contributed by atoms with Gasteiger partial charge in [0.25, 0.3) is 0 Å².